The molecule has 34 nitrogen and oxygen atoms in total. The molecule has 6 fully saturated rings. The van der Waals surface area contributed by atoms with E-state index in [2.05, 4.69) is 20.3 Å². The molecule has 4 aromatic rings. The van der Waals surface area contributed by atoms with Crippen molar-refractivity contribution in [1.82, 2.24) is 0 Å². The van der Waals surface area contributed by atoms with Gasteiger partial charge < -0.3 is 87.5 Å². The lowest BCUT2D eigenvalue weighted by Gasteiger charge is -2.67. The number of hydrogen-bond donors (Lipinski definition) is 7. The first-order valence-electron chi connectivity index (χ1n) is 41.3. The fourth-order valence-corrected chi connectivity index (χ4v) is 20.3. The number of Topliss-reactive ketones (excluding diaryl/α,β-unsaturated/α-hetero) is 2. The van der Waals surface area contributed by atoms with E-state index in [0.29, 0.717) is 17.5 Å². The minimum atomic E-state index is -2.38. The number of aliphatic hydroxyl groups excluding tert-OH is 4. The Morgan fingerprint density at radius 1 is 0.520 bits per heavy atom. The molecule has 0 radical (unpaired) electrons. The normalized spacial score (nSPS) is 31.8. The van der Waals surface area contributed by atoms with Crippen molar-refractivity contribution in [1.29, 1.82) is 0 Å². The fraction of sp³-hybridized carbons (Fsp3) is 0.556. The largest absolute Gasteiger partial charge is 0.455 e. The van der Waals surface area contributed by atoms with Gasteiger partial charge in [0.1, 0.15) is 60.0 Å². The molecular weight excluding hydrogens is 1660 g/mol. The van der Waals surface area contributed by atoms with E-state index < -0.39 is 238 Å². The lowest BCUT2D eigenvalue weighted by atomic mass is 9.44. The molecule has 35 heteroatoms. The Labute approximate surface area is 725 Å². The van der Waals surface area contributed by atoms with Crippen LogP contribution in [-0.2, 0) is 119 Å². The summed E-state index contributed by atoms with van der Waals surface area (Å²) in [6, 6.07) is 32.9. The number of esters is 10. The zero-order chi connectivity index (χ0) is 91.4. The molecular formula is C90H109NO33S. The van der Waals surface area contributed by atoms with Gasteiger partial charge in [0.25, 0.3) is 0 Å². The van der Waals surface area contributed by atoms with Crippen LogP contribution in [0.25, 0.3) is 0 Å². The van der Waals surface area contributed by atoms with Crippen LogP contribution >= 0.6 is 12.0 Å². The minimum absolute atomic E-state index is 0.0484. The number of fused-ring (bicyclic) bond motifs is 10. The first-order valence-corrected chi connectivity index (χ1v) is 42.2. The van der Waals surface area contributed by atoms with Gasteiger partial charge in [0.15, 0.2) is 36.0 Å². The number of hydrogen-bond acceptors (Lipinski definition) is 35. The average molecular weight is 1760 g/mol. The highest BCUT2D eigenvalue weighted by atomic mass is 32.2. The number of nitrogens with two attached hydrogens (primary N) is 1. The molecule has 4 aromatic carbocycles. The summed E-state index contributed by atoms with van der Waals surface area (Å²) < 4.78 is 74.7. The van der Waals surface area contributed by atoms with Gasteiger partial charge in [-0.3, -0.25) is 28.8 Å². The van der Waals surface area contributed by atoms with Crippen LogP contribution < -0.4 is 5.90 Å². The van der Waals surface area contributed by atoms with Crippen LogP contribution in [0.4, 0.5) is 0 Å². The Morgan fingerprint density at radius 2 is 0.880 bits per heavy atom. The number of aliphatic hydroxyl groups is 6. The molecule has 12 rings (SSSR count). The monoisotopic (exact) mass is 1760 g/mol. The van der Waals surface area contributed by atoms with E-state index in [1.165, 1.54) is 52.0 Å². The van der Waals surface area contributed by atoms with Gasteiger partial charge in [-0.2, -0.15) is 5.90 Å². The summed E-state index contributed by atoms with van der Waals surface area (Å²) in [6.45, 7) is 17.1. The van der Waals surface area contributed by atoms with Gasteiger partial charge in [-0.15, -0.1) is 9.32 Å². The Hall–Kier alpha value is -9.73. The van der Waals surface area contributed by atoms with Crippen molar-refractivity contribution in [3.63, 3.8) is 0 Å². The summed E-state index contributed by atoms with van der Waals surface area (Å²) in [5.74, 6) is -10.7. The Kier molecular flexibility index (Phi) is 29.5. The maximum absolute atomic E-state index is 15.1. The molecule has 125 heavy (non-hydrogen) atoms. The van der Waals surface area contributed by atoms with E-state index in [9.17, 15) is 78.6 Å². The molecule has 0 spiro atoms. The molecule has 0 unspecified atom stereocenters. The standard InChI is InChI=1S/C45H55NO18S.C45H54O15/c1-24(27-14-9-7-10-15-27)36(59-33(50)22-56-32(49)18-13-19-65-64-63-62-46)41(54)58-29-21-45(55)39(60-40(53)28-16-11-8-12-17-28)37-43(6,38(52)35(51)34(25(29)2)42(45,4)5)30(48)20-31-44(37,23-57-31)61-26(3)47;1-8-15-32(48)55-22-33(49)58-36(24(2)27-16-11-9-12-17-27)41(53)57-29-21-45(54)39(59-40(52)28-18-13-10-14-19-28)37-43(7,38(51)35(50)34(25(29)3)42(45,5)6)30(47)20-31-44(37,23-56-31)60-26(4)46/h7-12,14-17,24,29-31,35-37,39,48,51,55H,13,18-23,46H2,1-6H3;9-14,16-19,24,29-31,35-37,39,47,50,54H,8,15,20-23H2,1-7H3/t2*24-,29-,30-,31+,35+,36+,37-,39-,43+,44-,45+/m00/s1. The highest BCUT2D eigenvalue weighted by Gasteiger charge is 2.80. The number of benzene rings is 4. The third-order valence-corrected chi connectivity index (χ3v) is 27.4. The maximum Gasteiger partial charge on any atom is 0.348 e. The summed E-state index contributed by atoms with van der Waals surface area (Å²) in [5, 5.41) is 79.5. The van der Waals surface area contributed by atoms with E-state index in [4.69, 9.17) is 56.8 Å². The third-order valence-electron chi connectivity index (χ3n) is 26.8. The third kappa shape index (κ3) is 18.2. The topological polar surface area (TPSA) is 491 Å². The van der Waals surface area contributed by atoms with Crippen molar-refractivity contribution >= 4 is 83.3 Å². The summed E-state index contributed by atoms with van der Waals surface area (Å²) in [4.78, 5) is 168. The lowest BCUT2D eigenvalue weighted by Crippen LogP contribution is -2.81. The van der Waals surface area contributed by atoms with Crippen LogP contribution in [0.3, 0.4) is 0 Å². The molecule has 22 atom stereocenters. The molecule has 2 heterocycles. The second-order valence-corrected chi connectivity index (χ2v) is 35.4. The zero-order valence-corrected chi connectivity index (χ0v) is 72.5. The first-order chi connectivity index (χ1) is 59.0. The fourth-order valence-electron chi connectivity index (χ4n) is 19.9. The van der Waals surface area contributed by atoms with Crippen molar-refractivity contribution in [3.8, 4) is 0 Å². The highest BCUT2D eigenvalue weighted by molar-refractivity contribution is 7.94. The van der Waals surface area contributed by atoms with E-state index in [1.54, 1.807) is 146 Å². The van der Waals surface area contributed by atoms with Crippen LogP contribution in [0.2, 0.25) is 0 Å². The van der Waals surface area contributed by atoms with Crippen molar-refractivity contribution in [2.24, 2.45) is 39.4 Å². The number of rotatable bonds is 29. The Morgan fingerprint density at radius 3 is 1.22 bits per heavy atom. The predicted octanol–water partition coefficient (Wildman–Crippen LogP) is 6.76. The molecule has 4 bridgehead atoms. The van der Waals surface area contributed by atoms with Gasteiger partial charge >= 0.3 is 59.7 Å². The van der Waals surface area contributed by atoms with E-state index in [0.717, 1.165) is 25.9 Å². The van der Waals surface area contributed by atoms with Gasteiger partial charge in [0, 0.05) is 92.8 Å². The molecule has 8 aliphatic rings. The molecule has 2 saturated heterocycles. The number of ketones is 2. The van der Waals surface area contributed by atoms with Gasteiger partial charge in [0.05, 0.1) is 59.2 Å². The van der Waals surface area contributed by atoms with Crippen LogP contribution in [0.15, 0.2) is 144 Å². The molecule has 6 aliphatic carbocycles. The van der Waals surface area contributed by atoms with Gasteiger partial charge in [-0.25, -0.2) is 28.8 Å². The summed E-state index contributed by atoms with van der Waals surface area (Å²) in [5.41, 5.74) is -14.0. The minimum Gasteiger partial charge on any atom is -0.455 e. The second kappa shape index (κ2) is 38.4. The van der Waals surface area contributed by atoms with Crippen LogP contribution in [0, 0.1) is 33.5 Å². The molecule has 0 amide bonds. The van der Waals surface area contributed by atoms with Crippen molar-refractivity contribution in [2.75, 3.05) is 32.2 Å². The predicted molar refractivity (Wildman–Crippen MR) is 434 cm³/mol. The first kappa shape index (κ1) is 95.9. The Bertz CT molecular complexity index is 4750. The SMILES string of the molecule is CC(=O)O[C@@]12CO[C@@H]1C[C@H](O)[C@@]1(C)C(=O)[C@H](O)C3=C(C)[C@@H](OC(=O)[C@H](OC(=O)COC(=O)CCCSOOON)[C@@H](C)c4ccccc4)C[C@@](O)([C@@H](OC(=O)c4ccccc4)[C@H]21)C3(C)C.CCCC(=O)OCC(=O)O[C@@H](C(=O)O[C@H]1C[C@@]2(O)[C@@H](OC(=O)c3ccccc3)[C@@H]3[C@]4(OC(C)=O)CO[C@@H]4C[C@H](O)[C@@]3(C)C(=O)[C@H](O)C(=C1C)C2(C)C)[C@@H](C)c1ccccc1. The van der Waals surface area contributed by atoms with Crippen molar-refractivity contribution < 1.29 is 159 Å². The van der Waals surface area contributed by atoms with Gasteiger partial charge in [-0.1, -0.05) is 146 Å². The van der Waals surface area contributed by atoms with Gasteiger partial charge in [0.2, 0.25) is 12.2 Å². The second-order valence-electron chi connectivity index (χ2n) is 34.6. The zero-order valence-electron chi connectivity index (χ0n) is 71.7. The molecule has 0 aromatic heterocycles. The Balaban J connectivity index is 0.000000244. The summed E-state index contributed by atoms with van der Waals surface area (Å²) in [6.07, 6.45) is -19.7. The number of carbonyl (C=O) groups is 12. The molecule has 678 valence electrons. The lowest BCUT2D eigenvalue weighted by molar-refractivity contribution is -0.464. The maximum atomic E-state index is 15.1. The van der Waals surface area contributed by atoms with E-state index in [1.807, 2.05) is 0 Å². The molecule has 8 N–H and O–H groups in total. The number of carbonyl (C=O) groups excluding carboxylic acids is 12. The smallest absolute Gasteiger partial charge is 0.348 e. The summed E-state index contributed by atoms with van der Waals surface area (Å²) in [7, 11) is 0. The quantitative estimate of drug-likeness (QED) is 0.00561. The highest BCUT2D eigenvalue weighted by Crippen LogP contribution is 2.67. The van der Waals surface area contributed by atoms with Gasteiger partial charge in [-0.05, 0) is 103 Å². The van der Waals surface area contributed by atoms with Crippen LogP contribution in [0.5, 0.6) is 0 Å². The van der Waals surface area contributed by atoms with Crippen molar-refractivity contribution in [3.05, 3.63) is 166 Å². The molecule has 4 saturated carbocycles. The average Bonchev–Trinajstić information content (AvgIpc) is 0.673. The van der Waals surface area contributed by atoms with Crippen molar-refractivity contribution in [2.45, 2.75) is 249 Å². The van der Waals surface area contributed by atoms with Crippen LogP contribution in [-0.4, -0.2) is 230 Å². The number of ether oxygens (including phenoxy) is 12. The molecule has 2 aliphatic heterocycles. The van der Waals surface area contributed by atoms with E-state index in [-0.39, 0.29) is 84.5 Å². The van der Waals surface area contributed by atoms with Crippen LogP contribution in [0.1, 0.15) is 185 Å². The van der Waals surface area contributed by atoms with E-state index >= 15 is 9.59 Å². The summed E-state index contributed by atoms with van der Waals surface area (Å²) >= 11 is 0.807.